The number of para-hydroxylation sites is 1. The van der Waals surface area contributed by atoms with Gasteiger partial charge >= 0.3 is 0 Å². The minimum absolute atomic E-state index is 0.0469. The average molecular weight is 445 g/mol. The molecular formula is C24H23N5O4. The average Bonchev–Trinajstić information content (AvgIpc) is 2.85. The topological polar surface area (TPSA) is 110 Å². The van der Waals surface area contributed by atoms with Gasteiger partial charge in [0, 0.05) is 42.5 Å². The van der Waals surface area contributed by atoms with Gasteiger partial charge in [0.1, 0.15) is 18.0 Å². The monoisotopic (exact) mass is 445 g/mol. The zero-order valence-corrected chi connectivity index (χ0v) is 18.0. The first kappa shape index (κ1) is 22.0. The van der Waals surface area contributed by atoms with Crippen molar-refractivity contribution in [1.82, 2.24) is 9.78 Å². The lowest BCUT2D eigenvalue weighted by molar-refractivity contribution is -0.125. The number of carbonyl (C=O) groups is 1. The highest BCUT2D eigenvalue weighted by Gasteiger charge is 2.22. The van der Waals surface area contributed by atoms with E-state index in [2.05, 4.69) is 10.4 Å². The Balaban J connectivity index is 1.72. The van der Waals surface area contributed by atoms with Gasteiger partial charge in [0.15, 0.2) is 5.69 Å². The van der Waals surface area contributed by atoms with E-state index in [1.165, 1.54) is 23.9 Å². The van der Waals surface area contributed by atoms with Crippen LogP contribution in [-0.2, 0) is 9.53 Å². The zero-order valence-electron chi connectivity index (χ0n) is 18.0. The van der Waals surface area contributed by atoms with Crippen molar-refractivity contribution < 1.29 is 14.3 Å². The van der Waals surface area contributed by atoms with E-state index in [1.54, 1.807) is 29.3 Å². The van der Waals surface area contributed by atoms with Crippen molar-refractivity contribution in [2.45, 2.75) is 0 Å². The molecule has 0 bridgehead atoms. The van der Waals surface area contributed by atoms with Crippen LogP contribution < -0.4 is 20.4 Å². The molecule has 1 fully saturated rings. The number of benzene rings is 2. The lowest BCUT2D eigenvalue weighted by Crippen LogP contribution is -2.41. The summed E-state index contributed by atoms with van der Waals surface area (Å²) in [7, 11) is 1.53. The fourth-order valence-corrected chi connectivity index (χ4v) is 3.48. The number of morpholine rings is 1. The molecule has 0 unspecified atom stereocenters. The first-order valence-corrected chi connectivity index (χ1v) is 10.3. The SMILES string of the molecule is COc1cc(N2CCOCC2=O)ccc1-n1ccc(=O)c(/C(=C/C=N)Nc2ccccc2)n1. The van der Waals surface area contributed by atoms with Gasteiger partial charge in [-0.15, -0.1) is 0 Å². The predicted molar refractivity (Wildman–Crippen MR) is 126 cm³/mol. The van der Waals surface area contributed by atoms with Gasteiger partial charge in [0.05, 0.1) is 19.4 Å². The summed E-state index contributed by atoms with van der Waals surface area (Å²) in [5.41, 5.74) is 2.30. The number of anilines is 2. The number of nitrogens with one attached hydrogen (secondary N) is 2. The molecule has 9 nitrogen and oxygen atoms in total. The smallest absolute Gasteiger partial charge is 0.253 e. The Hall–Kier alpha value is -4.24. The summed E-state index contributed by atoms with van der Waals surface area (Å²) in [6.07, 6.45) is 4.12. The molecule has 0 atom stereocenters. The Morgan fingerprint density at radius 3 is 2.73 bits per heavy atom. The Bertz CT molecular complexity index is 1250. The van der Waals surface area contributed by atoms with Crippen molar-refractivity contribution in [3.05, 3.63) is 82.8 Å². The number of rotatable bonds is 7. The summed E-state index contributed by atoms with van der Waals surface area (Å²) in [4.78, 5) is 26.5. The number of carbonyl (C=O) groups excluding carboxylic acids is 1. The normalized spacial score (nSPS) is 14.2. The highest BCUT2D eigenvalue weighted by molar-refractivity contribution is 5.95. The van der Waals surface area contributed by atoms with E-state index in [0.717, 1.165) is 11.9 Å². The van der Waals surface area contributed by atoms with Gasteiger partial charge in [-0.2, -0.15) is 5.10 Å². The van der Waals surface area contributed by atoms with Crippen LogP contribution >= 0.6 is 0 Å². The van der Waals surface area contributed by atoms with E-state index in [0.29, 0.717) is 36.0 Å². The van der Waals surface area contributed by atoms with Gasteiger partial charge in [-0.3, -0.25) is 9.59 Å². The zero-order chi connectivity index (χ0) is 23.2. The minimum atomic E-state index is -0.294. The number of nitrogens with zero attached hydrogens (tertiary/aromatic N) is 3. The molecule has 0 radical (unpaired) electrons. The van der Waals surface area contributed by atoms with Crippen LogP contribution in [0.5, 0.6) is 5.75 Å². The van der Waals surface area contributed by atoms with Crippen LogP contribution in [0.15, 0.2) is 71.7 Å². The third kappa shape index (κ3) is 4.83. The fraction of sp³-hybridized carbons (Fsp3) is 0.167. The first-order chi connectivity index (χ1) is 16.1. The van der Waals surface area contributed by atoms with Crippen molar-refractivity contribution in [2.75, 3.05) is 37.1 Å². The first-order valence-electron chi connectivity index (χ1n) is 10.3. The van der Waals surface area contributed by atoms with Crippen molar-refractivity contribution in [3.63, 3.8) is 0 Å². The lowest BCUT2D eigenvalue weighted by Gasteiger charge is -2.27. The molecular weight excluding hydrogens is 422 g/mol. The second-order valence-corrected chi connectivity index (χ2v) is 7.17. The van der Waals surface area contributed by atoms with Crippen LogP contribution in [0.3, 0.4) is 0 Å². The van der Waals surface area contributed by atoms with E-state index in [4.69, 9.17) is 14.9 Å². The number of aromatic nitrogens is 2. The largest absolute Gasteiger partial charge is 0.494 e. The number of ether oxygens (including phenoxy) is 2. The summed E-state index contributed by atoms with van der Waals surface area (Å²) in [5.74, 6) is 0.371. The number of methoxy groups -OCH3 is 1. The van der Waals surface area contributed by atoms with Gasteiger partial charge in [-0.25, -0.2) is 4.68 Å². The second-order valence-electron chi connectivity index (χ2n) is 7.17. The molecule has 2 N–H and O–H groups in total. The van der Waals surface area contributed by atoms with E-state index < -0.39 is 0 Å². The molecule has 33 heavy (non-hydrogen) atoms. The van der Waals surface area contributed by atoms with Crippen molar-refractivity contribution >= 4 is 29.2 Å². The Morgan fingerprint density at radius 1 is 1.18 bits per heavy atom. The maximum absolute atomic E-state index is 12.6. The third-order valence-corrected chi connectivity index (χ3v) is 5.07. The predicted octanol–water partition coefficient (Wildman–Crippen LogP) is 2.71. The molecule has 1 aliphatic rings. The Morgan fingerprint density at radius 2 is 2.00 bits per heavy atom. The molecule has 1 aliphatic heterocycles. The molecule has 168 valence electrons. The van der Waals surface area contributed by atoms with Crippen molar-refractivity contribution in [1.29, 1.82) is 5.41 Å². The van der Waals surface area contributed by atoms with Gasteiger partial charge in [-0.05, 0) is 30.3 Å². The van der Waals surface area contributed by atoms with Crippen LogP contribution in [0.4, 0.5) is 11.4 Å². The minimum Gasteiger partial charge on any atom is -0.494 e. The fourth-order valence-electron chi connectivity index (χ4n) is 3.48. The maximum atomic E-state index is 12.6. The highest BCUT2D eigenvalue weighted by Crippen LogP contribution is 2.29. The van der Waals surface area contributed by atoms with Crippen LogP contribution in [0.2, 0.25) is 0 Å². The molecule has 0 spiro atoms. The quantitative estimate of drug-likeness (QED) is 0.541. The van der Waals surface area contributed by atoms with E-state index in [1.807, 2.05) is 30.3 Å². The Labute approximate surface area is 190 Å². The van der Waals surface area contributed by atoms with E-state index in [-0.39, 0.29) is 23.6 Å². The van der Waals surface area contributed by atoms with E-state index >= 15 is 0 Å². The third-order valence-electron chi connectivity index (χ3n) is 5.07. The standard InChI is InChI=1S/C24H23N5O4/c1-32-22-15-18(28-13-14-33-16-23(28)31)7-8-20(22)29-12-10-21(30)24(27-29)19(9-11-25)26-17-5-3-2-4-6-17/h2-12,15,25-26H,13-14,16H2,1H3/b19-9-,25-11?. The summed E-state index contributed by atoms with van der Waals surface area (Å²) in [6.45, 7) is 0.979. The molecule has 1 saturated heterocycles. The Kier molecular flexibility index (Phi) is 6.61. The van der Waals surface area contributed by atoms with Gasteiger partial charge in [0.2, 0.25) is 5.43 Å². The molecule has 0 aliphatic carbocycles. The highest BCUT2D eigenvalue weighted by atomic mass is 16.5. The number of hydrogen-bond donors (Lipinski definition) is 2. The molecule has 1 aromatic heterocycles. The summed E-state index contributed by atoms with van der Waals surface area (Å²) in [6, 6.07) is 16.1. The summed E-state index contributed by atoms with van der Waals surface area (Å²) < 4.78 is 12.3. The number of amides is 1. The van der Waals surface area contributed by atoms with Crippen LogP contribution in [0, 0.1) is 5.41 Å². The van der Waals surface area contributed by atoms with E-state index in [9.17, 15) is 9.59 Å². The maximum Gasteiger partial charge on any atom is 0.253 e. The molecule has 3 aromatic rings. The second kappa shape index (κ2) is 9.92. The molecule has 0 saturated carbocycles. The van der Waals surface area contributed by atoms with Gasteiger partial charge < -0.3 is 25.1 Å². The molecule has 4 rings (SSSR count). The molecule has 9 heteroatoms. The lowest BCUT2D eigenvalue weighted by atomic mass is 10.2. The summed E-state index contributed by atoms with van der Waals surface area (Å²) >= 11 is 0. The van der Waals surface area contributed by atoms with Crippen molar-refractivity contribution in [3.8, 4) is 11.4 Å². The van der Waals surface area contributed by atoms with Crippen LogP contribution in [-0.4, -0.2) is 48.8 Å². The molecule has 1 amide bonds. The van der Waals surface area contributed by atoms with Gasteiger partial charge in [0.25, 0.3) is 5.91 Å². The van der Waals surface area contributed by atoms with Crippen molar-refractivity contribution in [2.24, 2.45) is 0 Å². The van der Waals surface area contributed by atoms with Crippen LogP contribution in [0.1, 0.15) is 5.69 Å². The van der Waals surface area contributed by atoms with Gasteiger partial charge in [-0.1, -0.05) is 18.2 Å². The summed E-state index contributed by atoms with van der Waals surface area (Å²) in [5, 5.41) is 15.2. The molecule has 2 aromatic carbocycles. The van der Waals surface area contributed by atoms with Crippen LogP contribution in [0.25, 0.3) is 11.4 Å². The number of allylic oxidation sites excluding steroid dienone is 1. The number of hydrogen-bond acceptors (Lipinski definition) is 7. The molecule has 2 heterocycles.